The van der Waals surface area contributed by atoms with Crippen LogP contribution >= 0.6 is 0 Å². The smallest absolute Gasteiger partial charge is 0.216 e. The van der Waals surface area contributed by atoms with Crippen molar-refractivity contribution < 1.29 is 18.6 Å². The van der Waals surface area contributed by atoms with Crippen molar-refractivity contribution in [1.29, 1.82) is 0 Å². The molecule has 7 nitrogen and oxygen atoms in total. The lowest BCUT2D eigenvalue weighted by molar-refractivity contribution is 0.0113. The van der Waals surface area contributed by atoms with Crippen LogP contribution in [-0.4, -0.2) is 51.6 Å². The average Bonchev–Trinajstić information content (AvgIpc) is 2.85. The van der Waals surface area contributed by atoms with Crippen LogP contribution in [0, 0.1) is 17.3 Å². The molecule has 0 aliphatic heterocycles. The van der Waals surface area contributed by atoms with E-state index in [-0.39, 0.29) is 34.8 Å². The Labute approximate surface area is 203 Å². The van der Waals surface area contributed by atoms with Crippen molar-refractivity contribution in [2.24, 2.45) is 11.3 Å². The van der Waals surface area contributed by atoms with Gasteiger partial charge in [0.05, 0.1) is 24.9 Å². The fourth-order valence-electron chi connectivity index (χ4n) is 5.74. The standard InChI is InChI=1S/C26H29F2N5O2/c1-26-8-4-5-16(12-26)24(28)19(13-26)33(2)22-14-29-25(32-31-22)18-7-6-15(9-20(18)34)17-10-21(27)30-23(11-17)35-3/h6-7,9-11,14,16,19,24,34H,4-5,8,12-13H2,1-3H3/t16-,19-,24+,26+/m1/s1. The number of benzene rings is 1. The van der Waals surface area contributed by atoms with Gasteiger partial charge in [-0.3, -0.25) is 0 Å². The van der Waals surface area contributed by atoms with Crippen molar-refractivity contribution in [3.05, 3.63) is 42.5 Å². The summed E-state index contributed by atoms with van der Waals surface area (Å²) in [4.78, 5) is 9.90. The molecule has 2 aromatic heterocycles. The van der Waals surface area contributed by atoms with Crippen molar-refractivity contribution in [3.8, 4) is 34.1 Å². The third kappa shape index (κ3) is 4.51. The highest BCUT2D eigenvalue weighted by Gasteiger charge is 2.47. The van der Waals surface area contributed by atoms with Crippen LogP contribution in [0.25, 0.3) is 22.5 Å². The summed E-state index contributed by atoms with van der Waals surface area (Å²) in [6, 6.07) is 7.46. The zero-order chi connectivity index (χ0) is 24.7. The third-order valence-electron chi connectivity index (χ3n) is 7.59. The number of rotatable bonds is 5. The number of hydrogen-bond acceptors (Lipinski definition) is 7. The van der Waals surface area contributed by atoms with Crippen LogP contribution < -0.4 is 9.64 Å². The number of phenols is 1. The number of ether oxygens (including phenoxy) is 1. The van der Waals surface area contributed by atoms with Gasteiger partial charge in [0.25, 0.3) is 0 Å². The molecule has 2 fully saturated rings. The van der Waals surface area contributed by atoms with E-state index < -0.39 is 12.1 Å². The predicted molar refractivity (Wildman–Crippen MR) is 128 cm³/mol. The lowest BCUT2D eigenvalue weighted by atomic mass is 9.60. The minimum Gasteiger partial charge on any atom is -0.507 e. The van der Waals surface area contributed by atoms with E-state index in [9.17, 15) is 9.50 Å². The molecule has 2 saturated carbocycles. The molecule has 1 aromatic carbocycles. The van der Waals surface area contributed by atoms with Crippen molar-refractivity contribution in [2.75, 3.05) is 19.1 Å². The van der Waals surface area contributed by atoms with E-state index in [1.54, 1.807) is 24.4 Å². The van der Waals surface area contributed by atoms with Gasteiger partial charge in [0, 0.05) is 19.2 Å². The van der Waals surface area contributed by atoms with E-state index in [4.69, 9.17) is 4.74 Å². The molecule has 35 heavy (non-hydrogen) atoms. The van der Waals surface area contributed by atoms with Gasteiger partial charge in [0.15, 0.2) is 11.6 Å². The van der Waals surface area contributed by atoms with Gasteiger partial charge >= 0.3 is 0 Å². The predicted octanol–water partition coefficient (Wildman–Crippen LogP) is 5.20. The van der Waals surface area contributed by atoms with Crippen molar-refractivity contribution >= 4 is 5.82 Å². The van der Waals surface area contributed by atoms with Crippen LogP contribution in [-0.2, 0) is 0 Å². The van der Waals surface area contributed by atoms with Gasteiger partial charge in [-0.2, -0.15) is 9.37 Å². The van der Waals surface area contributed by atoms with E-state index in [1.165, 1.54) is 19.2 Å². The second kappa shape index (κ2) is 9.02. The summed E-state index contributed by atoms with van der Waals surface area (Å²) < 4.78 is 34.1. The van der Waals surface area contributed by atoms with Gasteiger partial charge in [0.1, 0.15) is 11.9 Å². The molecule has 0 radical (unpaired) electrons. The van der Waals surface area contributed by atoms with Crippen LogP contribution in [0.2, 0.25) is 0 Å². The molecule has 4 atom stereocenters. The first-order valence-corrected chi connectivity index (χ1v) is 11.9. The fraction of sp³-hybridized carbons (Fsp3) is 0.462. The number of pyridine rings is 1. The summed E-state index contributed by atoms with van der Waals surface area (Å²) in [5.74, 6) is 0.232. The van der Waals surface area contributed by atoms with Gasteiger partial charge in [-0.25, -0.2) is 9.37 Å². The first-order chi connectivity index (χ1) is 16.8. The molecule has 2 aliphatic carbocycles. The number of halogens is 2. The number of alkyl halides is 1. The number of methoxy groups -OCH3 is 1. The second-order valence-corrected chi connectivity index (χ2v) is 10.1. The van der Waals surface area contributed by atoms with Crippen LogP contribution in [0.1, 0.15) is 39.0 Å². The topological polar surface area (TPSA) is 84.3 Å². The molecule has 0 unspecified atom stereocenters. The largest absolute Gasteiger partial charge is 0.507 e. The number of hydrogen-bond donors (Lipinski definition) is 1. The Hall–Kier alpha value is -3.36. The number of aromatic hydroxyl groups is 1. The molecular weight excluding hydrogens is 452 g/mol. The molecule has 0 amide bonds. The molecule has 0 saturated heterocycles. The lowest BCUT2D eigenvalue weighted by Crippen LogP contribution is -2.52. The van der Waals surface area contributed by atoms with E-state index in [0.29, 0.717) is 22.5 Å². The van der Waals surface area contributed by atoms with Crippen molar-refractivity contribution in [1.82, 2.24) is 20.2 Å². The van der Waals surface area contributed by atoms with Crippen molar-refractivity contribution in [3.63, 3.8) is 0 Å². The Kier molecular flexibility index (Phi) is 6.02. The molecule has 1 N–H and O–H groups in total. The maximum absolute atomic E-state index is 15.3. The van der Waals surface area contributed by atoms with Crippen molar-refractivity contribution in [2.45, 2.75) is 51.2 Å². The number of anilines is 1. The Morgan fingerprint density at radius 2 is 1.97 bits per heavy atom. The van der Waals surface area contributed by atoms with Crippen LogP contribution in [0.15, 0.2) is 36.5 Å². The molecule has 2 heterocycles. The molecular formula is C26H29F2N5O2. The van der Waals surface area contributed by atoms with Crippen LogP contribution in [0.4, 0.5) is 14.6 Å². The summed E-state index contributed by atoms with van der Waals surface area (Å²) in [7, 11) is 3.26. The maximum Gasteiger partial charge on any atom is 0.216 e. The highest BCUT2D eigenvalue weighted by atomic mass is 19.1. The minimum absolute atomic E-state index is 0.0709. The monoisotopic (exact) mass is 481 g/mol. The number of phenolic OH excluding ortho intramolecular Hbond substituents is 1. The fourth-order valence-corrected chi connectivity index (χ4v) is 5.74. The van der Waals surface area contributed by atoms with E-state index in [1.807, 2.05) is 11.9 Å². The molecule has 2 aliphatic rings. The Morgan fingerprint density at radius 1 is 1.14 bits per heavy atom. The van der Waals surface area contributed by atoms with Gasteiger partial charge in [-0.1, -0.05) is 19.4 Å². The van der Waals surface area contributed by atoms with Gasteiger partial charge in [-0.15, -0.1) is 10.2 Å². The summed E-state index contributed by atoms with van der Waals surface area (Å²) in [5.41, 5.74) is 1.65. The summed E-state index contributed by atoms with van der Waals surface area (Å²) in [6.07, 6.45) is 5.58. The minimum atomic E-state index is -0.900. The molecule has 5 rings (SSSR count). The van der Waals surface area contributed by atoms with Crippen LogP contribution in [0.5, 0.6) is 11.6 Å². The van der Waals surface area contributed by atoms with Gasteiger partial charge < -0.3 is 14.7 Å². The average molecular weight is 482 g/mol. The molecule has 3 aromatic rings. The zero-order valence-electron chi connectivity index (χ0n) is 20.1. The normalized spacial score (nSPS) is 25.8. The highest BCUT2D eigenvalue weighted by Crippen LogP contribution is 2.50. The Balaban J connectivity index is 1.36. The lowest BCUT2D eigenvalue weighted by Gasteiger charge is -2.50. The van der Waals surface area contributed by atoms with Crippen LogP contribution in [0.3, 0.4) is 0 Å². The SMILES string of the molecule is COc1cc(-c2ccc(-c3ncc(N(C)[C@@H]4C[C@@]5(C)CCC[C@H](C5)[C@@H]4F)nn3)c(O)c2)cc(F)n1. The first kappa shape index (κ1) is 23.4. The quantitative estimate of drug-likeness (QED) is 0.502. The van der Waals surface area contributed by atoms with E-state index in [0.717, 1.165) is 32.1 Å². The Bertz CT molecular complexity index is 1220. The second-order valence-electron chi connectivity index (χ2n) is 10.1. The number of fused-ring (bicyclic) bond motifs is 2. The Morgan fingerprint density at radius 3 is 2.69 bits per heavy atom. The summed E-state index contributed by atoms with van der Waals surface area (Å²) >= 11 is 0. The third-order valence-corrected chi connectivity index (χ3v) is 7.59. The molecule has 184 valence electrons. The van der Waals surface area contributed by atoms with E-state index in [2.05, 4.69) is 27.1 Å². The van der Waals surface area contributed by atoms with Gasteiger partial charge in [-0.05, 0) is 60.3 Å². The van der Waals surface area contributed by atoms with Gasteiger partial charge in [0.2, 0.25) is 11.8 Å². The molecule has 2 bridgehead atoms. The zero-order valence-corrected chi connectivity index (χ0v) is 20.1. The van der Waals surface area contributed by atoms with E-state index >= 15 is 4.39 Å². The molecule has 0 spiro atoms. The number of aromatic nitrogens is 4. The highest BCUT2D eigenvalue weighted by molar-refractivity contribution is 5.73. The maximum atomic E-state index is 15.3. The molecule has 9 heteroatoms. The summed E-state index contributed by atoms with van der Waals surface area (Å²) in [5, 5.41) is 19.1. The first-order valence-electron chi connectivity index (χ1n) is 11.9. The number of nitrogens with zero attached hydrogens (tertiary/aromatic N) is 5. The summed E-state index contributed by atoms with van der Waals surface area (Å²) in [6.45, 7) is 2.27.